The first-order valence-electron chi connectivity index (χ1n) is 4.70. The summed E-state index contributed by atoms with van der Waals surface area (Å²) in [6, 6.07) is 9.80. The zero-order valence-electron chi connectivity index (χ0n) is 8.84. The van der Waals surface area contributed by atoms with E-state index in [0.717, 1.165) is 5.56 Å². The van der Waals surface area contributed by atoms with Gasteiger partial charge in [-0.25, -0.2) is 4.79 Å². The first-order chi connectivity index (χ1) is 7.22. The molecule has 0 radical (unpaired) electrons. The largest absolute Gasteiger partial charge is 0.508 e. The first-order valence-corrected chi connectivity index (χ1v) is 4.70. The van der Waals surface area contributed by atoms with Gasteiger partial charge in [-0.2, -0.15) is 0 Å². The molecule has 0 saturated carbocycles. The molecule has 1 atom stereocenters. The molecule has 0 unspecified atom stereocenters. The molecule has 0 amide bonds. The minimum Gasteiger partial charge on any atom is -0.438 e. The maximum Gasteiger partial charge on any atom is 0.508 e. The van der Waals surface area contributed by atoms with E-state index in [1.807, 2.05) is 36.4 Å². The van der Waals surface area contributed by atoms with E-state index in [1.54, 1.807) is 13.0 Å². The fourth-order valence-corrected chi connectivity index (χ4v) is 1.05. The molecule has 0 aromatic heterocycles. The Morgan fingerprint density at radius 3 is 2.60 bits per heavy atom. The Balaban J connectivity index is 2.47. The molecule has 15 heavy (non-hydrogen) atoms. The predicted molar refractivity (Wildman–Crippen MR) is 58.4 cm³/mol. The number of methoxy groups -OCH3 is 1. The van der Waals surface area contributed by atoms with Crippen molar-refractivity contribution >= 4 is 12.2 Å². The molecule has 0 aliphatic heterocycles. The summed E-state index contributed by atoms with van der Waals surface area (Å²) < 4.78 is 9.25. The highest BCUT2D eigenvalue weighted by Gasteiger charge is 2.04. The second-order valence-corrected chi connectivity index (χ2v) is 3.05. The van der Waals surface area contributed by atoms with Crippen LogP contribution in [0.5, 0.6) is 0 Å². The van der Waals surface area contributed by atoms with E-state index in [4.69, 9.17) is 4.74 Å². The lowest BCUT2D eigenvalue weighted by Gasteiger charge is -2.06. The van der Waals surface area contributed by atoms with E-state index in [0.29, 0.717) is 0 Å². The van der Waals surface area contributed by atoms with Gasteiger partial charge < -0.3 is 9.47 Å². The number of benzene rings is 1. The van der Waals surface area contributed by atoms with Crippen molar-refractivity contribution < 1.29 is 14.3 Å². The summed E-state index contributed by atoms with van der Waals surface area (Å²) in [5, 5.41) is 0. The highest BCUT2D eigenvalue weighted by atomic mass is 16.7. The monoisotopic (exact) mass is 206 g/mol. The quantitative estimate of drug-likeness (QED) is 0.713. The van der Waals surface area contributed by atoms with Crippen molar-refractivity contribution in [2.45, 2.75) is 13.0 Å². The topological polar surface area (TPSA) is 35.5 Å². The number of hydrogen-bond donors (Lipinski definition) is 0. The molecule has 1 rings (SSSR count). The molecule has 0 bridgehead atoms. The number of carbonyl (C=O) groups is 1. The lowest BCUT2D eigenvalue weighted by Crippen LogP contribution is -2.12. The van der Waals surface area contributed by atoms with Gasteiger partial charge in [0, 0.05) is 0 Å². The van der Waals surface area contributed by atoms with Crippen LogP contribution in [0.1, 0.15) is 12.5 Å². The number of hydrogen-bond acceptors (Lipinski definition) is 3. The number of ether oxygens (including phenoxy) is 2. The maximum absolute atomic E-state index is 10.8. The normalized spacial score (nSPS) is 12.4. The van der Waals surface area contributed by atoms with E-state index >= 15 is 0 Å². The highest BCUT2D eigenvalue weighted by Crippen LogP contribution is 2.04. The van der Waals surface area contributed by atoms with Crippen LogP contribution in [0.25, 0.3) is 6.08 Å². The summed E-state index contributed by atoms with van der Waals surface area (Å²) in [6.45, 7) is 1.77. The lowest BCUT2D eigenvalue weighted by molar-refractivity contribution is 0.0581. The van der Waals surface area contributed by atoms with Crippen molar-refractivity contribution in [1.82, 2.24) is 0 Å². The Kier molecular flexibility index (Phi) is 4.41. The first kappa shape index (κ1) is 11.3. The Hall–Kier alpha value is -1.77. The van der Waals surface area contributed by atoms with Crippen molar-refractivity contribution in [2.75, 3.05) is 7.11 Å². The Labute approximate surface area is 89.3 Å². The van der Waals surface area contributed by atoms with Crippen LogP contribution in [-0.4, -0.2) is 19.4 Å². The molecule has 80 valence electrons. The van der Waals surface area contributed by atoms with E-state index in [9.17, 15) is 4.79 Å². The molecule has 0 aliphatic carbocycles. The molecular weight excluding hydrogens is 192 g/mol. The van der Waals surface area contributed by atoms with Crippen molar-refractivity contribution in [3.8, 4) is 0 Å². The van der Waals surface area contributed by atoms with Crippen LogP contribution in [0.3, 0.4) is 0 Å². The third-order valence-corrected chi connectivity index (χ3v) is 1.81. The van der Waals surface area contributed by atoms with Crippen LogP contribution >= 0.6 is 0 Å². The summed E-state index contributed by atoms with van der Waals surface area (Å²) in [7, 11) is 1.29. The van der Waals surface area contributed by atoms with Gasteiger partial charge in [-0.1, -0.05) is 36.4 Å². The molecule has 0 spiro atoms. The molecule has 0 N–H and O–H groups in total. The molecule has 0 aliphatic rings. The molecule has 0 heterocycles. The lowest BCUT2D eigenvalue weighted by atomic mass is 10.2. The van der Waals surface area contributed by atoms with Crippen molar-refractivity contribution in [3.05, 3.63) is 42.0 Å². The third kappa shape index (κ3) is 4.31. The maximum atomic E-state index is 10.8. The molecular formula is C12H14O3. The summed E-state index contributed by atoms with van der Waals surface area (Å²) in [5.74, 6) is 0. The summed E-state index contributed by atoms with van der Waals surface area (Å²) in [6.07, 6.45) is 2.73. The molecule has 0 saturated heterocycles. The second-order valence-electron chi connectivity index (χ2n) is 3.05. The Bertz CT molecular complexity index is 330. The van der Waals surface area contributed by atoms with Crippen molar-refractivity contribution in [1.29, 1.82) is 0 Å². The van der Waals surface area contributed by atoms with Gasteiger partial charge in [-0.3, -0.25) is 0 Å². The van der Waals surface area contributed by atoms with Gasteiger partial charge in [0.1, 0.15) is 6.10 Å². The average Bonchev–Trinajstić information content (AvgIpc) is 2.27. The third-order valence-electron chi connectivity index (χ3n) is 1.81. The van der Waals surface area contributed by atoms with E-state index in [1.165, 1.54) is 7.11 Å². The van der Waals surface area contributed by atoms with E-state index < -0.39 is 6.16 Å². The fraction of sp³-hybridized carbons (Fsp3) is 0.250. The van der Waals surface area contributed by atoms with Crippen LogP contribution < -0.4 is 0 Å². The zero-order valence-corrected chi connectivity index (χ0v) is 8.84. The van der Waals surface area contributed by atoms with Gasteiger partial charge in [0.15, 0.2) is 0 Å². The number of rotatable bonds is 3. The SMILES string of the molecule is COC(=O)O[C@@H](C)/C=C\c1ccccc1. The molecule has 0 fully saturated rings. The zero-order chi connectivity index (χ0) is 11.1. The van der Waals surface area contributed by atoms with Crippen molar-refractivity contribution in [3.63, 3.8) is 0 Å². The average molecular weight is 206 g/mol. The van der Waals surface area contributed by atoms with Gasteiger partial charge in [-0.15, -0.1) is 0 Å². The Morgan fingerprint density at radius 2 is 2.00 bits per heavy atom. The predicted octanol–water partition coefficient (Wildman–Crippen LogP) is 2.87. The fourth-order valence-electron chi connectivity index (χ4n) is 1.05. The Morgan fingerprint density at radius 1 is 1.33 bits per heavy atom. The minimum atomic E-state index is -0.666. The summed E-state index contributed by atoms with van der Waals surface area (Å²) in [4.78, 5) is 10.8. The standard InChI is InChI=1S/C12H14O3/c1-10(15-12(13)14-2)8-9-11-6-4-3-5-7-11/h3-10H,1-2H3/b9-8-/t10-/m0/s1. The smallest absolute Gasteiger partial charge is 0.438 e. The van der Waals surface area contributed by atoms with Crippen LogP contribution in [0.4, 0.5) is 4.79 Å². The van der Waals surface area contributed by atoms with Gasteiger partial charge >= 0.3 is 6.16 Å². The molecule has 1 aromatic carbocycles. The highest BCUT2D eigenvalue weighted by molar-refractivity contribution is 5.60. The number of carbonyl (C=O) groups excluding carboxylic acids is 1. The van der Waals surface area contributed by atoms with Gasteiger partial charge in [0.2, 0.25) is 0 Å². The van der Waals surface area contributed by atoms with Crippen LogP contribution in [0.15, 0.2) is 36.4 Å². The van der Waals surface area contributed by atoms with Crippen LogP contribution in [0.2, 0.25) is 0 Å². The van der Waals surface area contributed by atoms with Crippen LogP contribution in [-0.2, 0) is 9.47 Å². The molecule has 3 heteroatoms. The van der Waals surface area contributed by atoms with Crippen LogP contribution in [0, 0.1) is 0 Å². The van der Waals surface area contributed by atoms with Crippen molar-refractivity contribution in [2.24, 2.45) is 0 Å². The molecule has 1 aromatic rings. The molecule has 3 nitrogen and oxygen atoms in total. The summed E-state index contributed by atoms with van der Waals surface area (Å²) in [5.41, 5.74) is 1.07. The van der Waals surface area contributed by atoms with E-state index in [-0.39, 0.29) is 6.10 Å². The van der Waals surface area contributed by atoms with E-state index in [2.05, 4.69) is 4.74 Å². The minimum absolute atomic E-state index is 0.294. The van der Waals surface area contributed by atoms with Gasteiger partial charge in [-0.05, 0) is 18.6 Å². The summed E-state index contributed by atoms with van der Waals surface area (Å²) >= 11 is 0. The van der Waals surface area contributed by atoms with Gasteiger partial charge in [0.25, 0.3) is 0 Å². The van der Waals surface area contributed by atoms with Gasteiger partial charge in [0.05, 0.1) is 7.11 Å². The second kappa shape index (κ2) is 5.86.